The van der Waals surface area contributed by atoms with Crippen LogP contribution in [0.1, 0.15) is 43.3 Å². The molecule has 1 aromatic heterocycles. The van der Waals surface area contributed by atoms with Crippen LogP contribution in [0.25, 0.3) is 5.57 Å². The number of nitrogens with zero attached hydrogens (tertiary/aromatic N) is 2. The Morgan fingerprint density at radius 2 is 2.33 bits per heavy atom. The van der Waals surface area contributed by atoms with E-state index in [0.29, 0.717) is 5.92 Å². The summed E-state index contributed by atoms with van der Waals surface area (Å²) < 4.78 is 5.30. The monoisotopic (exact) mass is 205 g/mol. The highest BCUT2D eigenvalue weighted by Gasteiger charge is 2.26. The average molecular weight is 205 g/mol. The minimum atomic E-state index is 0.536. The summed E-state index contributed by atoms with van der Waals surface area (Å²) in [6, 6.07) is 0. The summed E-state index contributed by atoms with van der Waals surface area (Å²) in [6.07, 6.45) is 6.88. The van der Waals surface area contributed by atoms with E-state index in [1.54, 1.807) is 0 Å². The molecule has 1 saturated carbocycles. The van der Waals surface area contributed by atoms with Crippen molar-refractivity contribution in [3.63, 3.8) is 0 Å². The van der Waals surface area contributed by atoms with Crippen LogP contribution in [0.3, 0.4) is 0 Å². The number of rotatable bonds is 2. The van der Waals surface area contributed by atoms with Crippen LogP contribution in [0, 0.1) is 0 Å². The fourth-order valence-electron chi connectivity index (χ4n) is 2.01. The van der Waals surface area contributed by atoms with Crippen molar-refractivity contribution in [2.24, 2.45) is 0 Å². The maximum atomic E-state index is 5.30. The lowest BCUT2D eigenvalue weighted by Crippen LogP contribution is -2.20. The number of aromatic nitrogens is 2. The van der Waals surface area contributed by atoms with Crippen molar-refractivity contribution in [1.82, 2.24) is 15.5 Å². The number of hydrogen-bond acceptors (Lipinski definition) is 4. The van der Waals surface area contributed by atoms with Crippen LogP contribution in [0.4, 0.5) is 0 Å². The lowest BCUT2D eigenvalue weighted by Gasteiger charge is -2.20. The van der Waals surface area contributed by atoms with Crippen molar-refractivity contribution in [3.05, 3.63) is 17.8 Å². The second-order valence-electron chi connectivity index (χ2n) is 4.27. The van der Waals surface area contributed by atoms with Crippen molar-refractivity contribution in [2.75, 3.05) is 13.1 Å². The minimum Gasteiger partial charge on any atom is -0.339 e. The SMILES string of the molecule is C1=C(c2noc(C3CCC3)n2)CCNC1. The molecule has 4 nitrogen and oxygen atoms in total. The Morgan fingerprint density at radius 3 is 3.00 bits per heavy atom. The third kappa shape index (κ3) is 1.69. The molecule has 0 atom stereocenters. The fourth-order valence-corrected chi connectivity index (χ4v) is 2.01. The van der Waals surface area contributed by atoms with E-state index in [1.165, 1.54) is 24.8 Å². The first-order valence-electron chi connectivity index (χ1n) is 5.67. The first-order valence-corrected chi connectivity index (χ1v) is 5.67. The molecule has 4 heteroatoms. The molecule has 15 heavy (non-hydrogen) atoms. The van der Waals surface area contributed by atoms with Gasteiger partial charge in [0.25, 0.3) is 0 Å². The van der Waals surface area contributed by atoms with E-state index in [9.17, 15) is 0 Å². The summed E-state index contributed by atoms with van der Waals surface area (Å²) >= 11 is 0. The predicted octanol–water partition coefficient (Wildman–Crippen LogP) is 1.71. The Bertz CT molecular complexity index is 379. The molecule has 1 aliphatic heterocycles. The van der Waals surface area contributed by atoms with Crippen molar-refractivity contribution in [3.8, 4) is 0 Å². The van der Waals surface area contributed by atoms with E-state index < -0.39 is 0 Å². The van der Waals surface area contributed by atoms with Gasteiger partial charge < -0.3 is 9.84 Å². The molecule has 1 N–H and O–H groups in total. The predicted molar refractivity (Wildman–Crippen MR) is 56.4 cm³/mol. The summed E-state index contributed by atoms with van der Waals surface area (Å²) in [5, 5.41) is 7.33. The molecule has 0 radical (unpaired) electrons. The number of hydrogen-bond donors (Lipinski definition) is 1. The maximum Gasteiger partial charge on any atom is 0.230 e. The Labute approximate surface area is 88.7 Å². The molecule has 80 valence electrons. The van der Waals surface area contributed by atoms with Gasteiger partial charge >= 0.3 is 0 Å². The topological polar surface area (TPSA) is 51.0 Å². The van der Waals surface area contributed by atoms with Crippen molar-refractivity contribution < 1.29 is 4.52 Å². The van der Waals surface area contributed by atoms with Crippen LogP contribution in [0.2, 0.25) is 0 Å². The average Bonchev–Trinajstić information content (AvgIpc) is 2.66. The molecule has 2 aliphatic rings. The third-order valence-electron chi connectivity index (χ3n) is 3.25. The highest BCUT2D eigenvalue weighted by Crippen LogP contribution is 2.35. The standard InChI is InChI=1S/C11H15N3O/c1-2-9(3-1)11-13-10(14-15-11)8-4-6-12-7-5-8/h4,9,12H,1-3,5-7H2. The highest BCUT2D eigenvalue weighted by atomic mass is 16.5. The van der Waals surface area contributed by atoms with Gasteiger partial charge in [-0.1, -0.05) is 17.7 Å². The van der Waals surface area contributed by atoms with E-state index in [0.717, 1.165) is 31.2 Å². The molecule has 0 amide bonds. The molecular weight excluding hydrogens is 190 g/mol. The molecule has 0 unspecified atom stereocenters. The number of nitrogens with one attached hydrogen (secondary N) is 1. The van der Waals surface area contributed by atoms with E-state index in [1.807, 2.05) is 0 Å². The zero-order valence-electron chi connectivity index (χ0n) is 8.70. The van der Waals surface area contributed by atoms with Crippen LogP contribution < -0.4 is 5.32 Å². The van der Waals surface area contributed by atoms with Gasteiger partial charge in [0.2, 0.25) is 5.89 Å². The summed E-state index contributed by atoms with van der Waals surface area (Å²) in [6.45, 7) is 1.93. The van der Waals surface area contributed by atoms with Gasteiger partial charge in [0.05, 0.1) is 0 Å². The van der Waals surface area contributed by atoms with Gasteiger partial charge in [-0.15, -0.1) is 0 Å². The molecule has 0 aromatic carbocycles. The Kier molecular flexibility index (Phi) is 2.29. The summed E-state index contributed by atoms with van der Waals surface area (Å²) in [4.78, 5) is 4.48. The summed E-state index contributed by atoms with van der Waals surface area (Å²) in [5.74, 6) is 2.18. The summed E-state index contributed by atoms with van der Waals surface area (Å²) in [7, 11) is 0. The molecule has 0 bridgehead atoms. The molecule has 0 spiro atoms. The Hall–Kier alpha value is -1.16. The zero-order chi connectivity index (χ0) is 10.1. The van der Waals surface area contributed by atoms with E-state index in [-0.39, 0.29) is 0 Å². The second kappa shape index (κ2) is 3.77. The van der Waals surface area contributed by atoms with E-state index >= 15 is 0 Å². The second-order valence-corrected chi connectivity index (χ2v) is 4.27. The van der Waals surface area contributed by atoms with Gasteiger partial charge in [-0.25, -0.2) is 0 Å². The molecular formula is C11H15N3O. The summed E-state index contributed by atoms with van der Waals surface area (Å²) in [5.41, 5.74) is 1.23. The van der Waals surface area contributed by atoms with Crippen molar-refractivity contribution in [1.29, 1.82) is 0 Å². The smallest absolute Gasteiger partial charge is 0.230 e. The van der Waals surface area contributed by atoms with Crippen LogP contribution in [0.15, 0.2) is 10.6 Å². The Morgan fingerprint density at radius 1 is 1.40 bits per heavy atom. The quantitative estimate of drug-likeness (QED) is 0.798. The maximum absolute atomic E-state index is 5.30. The van der Waals surface area contributed by atoms with Crippen LogP contribution in [-0.2, 0) is 0 Å². The molecule has 3 rings (SSSR count). The molecule has 0 saturated heterocycles. The third-order valence-corrected chi connectivity index (χ3v) is 3.25. The fraction of sp³-hybridized carbons (Fsp3) is 0.636. The normalized spacial score (nSPS) is 22.3. The Balaban J connectivity index is 1.79. The molecule has 1 aliphatic carbocycles. The molecule has 1 fully saturated rings. The van der Waals surface area contributed by atoms with Crippen LogP contribution >= 0.6 is 0 Å². The lowest BCUT2D eigenvalue weighted by atomic mass is 9.85. The lowest BCUT2D eigenvalue weighted by molar-refractivity contribution is 0.292. The largest absolute Gasteiger partial charge is 0.339 e. The minimum absolute atomic E-state index is 0.536. The van der Waals surface area contributed by atoms with Gasteiger partial charge in [-0.2, -0.15) is 4.98 Å². The molecule has 1 aromatic rings. The van der Waals surface area contributed by atoms with Gasteiger partial charge in [0, 0.05) is 12.5 Å². The van der Waals surface area contributed by atoms with Gasteiger partial charge in [-0.05, 0) is 31.4 Å². The van der Waals surface area contributed by atoms with E-state index in [2.05, 4.69) is 21.5 Å². The van der Waals surface area contributed by atoms with Crippen molar-refractivity contribution >= 4 is 5.57 Å². The zero-order valence-corrected chi connectivity index (χ0v) is 8.70. The van der Waals surface area contributed by atoms with Gasteiger partial charge in [-0.3, -0.25) is 0 Å². The first-order chi connectivity index (χ1) is 7.43. The van der Waals surface area contributed by atoms with Gasteiger partial charge in [0.15, 0.2) is 5.82 Å². The van der Waals surface area contributed by atoms with Gasteiger partial charge in [0.1, 0.15) is 0 Å². The first kappa shape index (κ1) is 9.09. The van der Waals surface area contributed by atoms with E-state index in [4.69, 9.17) is 4.52 Å². The van der Waals surface area contributed by atoms with Crippen molar-refractivity contribution in [2.45, 2.75) is 31.6 Å². The highest BCUT2D eigenvalue weighted by molar-refractivity contribution is 5.60. The van der Waals surface area contributed by atoms with Crippen LogP contribution in [0.5, 0.6) is 0 Å². The van der Waals surface area contributed by atoms with Crippen LogP contribution in [-0.4, -0.2) is 23.2 Å². The molecule has 2 heterocycles.